The molecule has 0 amide bonds. The van der Waals surface area contributed by atoms with Gasteiger partial charge < -0.3 is 10.4 Å². The lowest BCUT2D eigenvalue weighted by molar-refractivity contribution is -0.142. The van der Waals surface area contributed by atoms with E-state index in [-0.39, 0.29) is 0 Å². The summed E-state index contributed by atoms with van der Waals surface area (Å²) in [5.41, 5.74) is 2.00. The van der Waals surface area contributed by atoms with E-state index in [0.717, 1.165) is 5.69 Å². The number of carboxylic acids is 1. The van der Waals surface area contributed by atoms with Gasteiger partial charge in [-0.3, -0.25) is 9.78 Å². The molecule has 1 aromatic rings. The molecule has 1 saturated carbocycles. The van der Waals surface area contributed by atoms with Crippen molar-refractivity contribution in [3.8, 4) is 6.07 Å². The molecule has 0 aliphatic heterocycles. The van der Waals surface area contributed by atoms with Crippen molar-refractivity contribution in [2.24, 2.45) is 5.41 Å². The average molecular weight is 245 g/mol. The molecule has 0 radical (unpaired) electrons. The molecule has 0 bridgehead atoms. The van der Waals surface area contributed by atoms with Gasteiger partial charge in [-0.1, -0.05) is 0 Å². The molecule has 0 saturated heterocycles. The van der Waals surface area contributed by atoms with Crippen LogP contribution in [0.2, 0.25) is 0 Å². The minimum absolute atomic E-state index is 0.361. The fraction of sp³-hybridized carbons (Fsp3) is 0.462. The third-order valence-electron chi connectivity index (χ3n) is 3.36. The second kappa shape index (κ2) is 4.30. The zero-order valence-electron chi connectivity index (χ0n) is 10.4. The van der Waals surface area contributed by atoms with E-state index in [9.17, 15) is 4.79 Å². The molecule has 1 aromatic heterocycles. The summed E-state index contributed by atoms with van der Waals surface area (Å²) >= 11 is 0. The van der Waals surface area contributed by atoms with Gasteiger partial charge >= 0.3 is 5.97 Å². The van der Waals surface area contributed by atoms with Gasteiger partial charge in [0.2, 0.25) is 0 Å². The lowest BCUT2D eigenvalue weighted by Gasteiger charge is -2.14. The Kier molecular flexibility index (Phi) is 2.95. The van der Waals surface area contributed by atoms with Crippen molar-refractivity contribution in [2.45, 2.75) is 26.7 Å². The van der Waals surface area contributed by atoms with Gasteiger partial charge in [-0.05, 0) is 32.8 Å². The molecule has 1 aliphatic rings. The van der Waals surface area contributed by atoms with Crippen LogP contribution in [0.25, 0.3) is 0 Å². The smallest absolute Gasteiger partial charge is 0.311 e. The molecule has 0 aromatic carbocycles. The number of rotatable bonds is 4. The van der Waals surface area contributed by atoms with Crippen molar-refractivity contribution < 1.29 is 9.90 Å². The summed E-state index contributed by atoms with van der Waals surface area (Å²) in [6, 6.07) is 3.89. The molecule has 94 valence electrons. The van der Waals surface area contributed by atoms with Crippen molar-refractivity contribution >= 4 is 11.7 Å². The van der Waals surface area contributed by atoms with Crippen molar-refractivity contribution in [3.63, 3.8) is 0 Å². The highest BCUT2D eigenvalue weighted by atomic mass is 16.4. The molecule has 0 spiro atoms. The number of nitrogens with one attached hydrogen (secondary N) is 1. The van der Waals surface area contributed by atoms with Gasteiger partial charge in [0.15, 0.2) is 0 Å². The van der Waals surface area contributed by atoms with Crippen molar-refractivity contribution in [2.75, 3.05) is 11.9 Å². The second-order valence-electron chi connectivity index (χ2n) is 4.82. The third-order valence-corrected chi connectivity index (χ3v) is 3.36. The number of anilines is 1. The molecule has 1 fully saturated rings. The van der Waals surface area contributed by atoms with Gasteiger partial charge in [-0.15, -0.1) is 0 Å². The Balaban J connectivity index is 2.20. The summed E-state index contributed by atoms with van der Waals surface area (Å²) in [7, 11) is 0. The lowest BCUT2D eigenvalue weighted by Crippen LogP contribution is -2.24. The van der Waals surface area contributed by atoms with E-state index in [4.69, 9.17) is 10.4 Å². The number of aryl methyl sites for hydroxylation is 2. The Morgan fingerprint density at radius 1 is 1.61 bits per heavy atom. The molecule has 0 unspecified atom stereocenters. The number of carbonyl (C=O) groups is 1. The van der Waals surface area contributed by atoms with Crippen LogP contribution in [0.3, 0.4) is 0 Å². The predicted molar refractivity (Wildman–Crippen MR) is 66.2 cm³/mol. The van der Waals surface area contributed by atoms with Crippen LogP contribution in [0.1, 0.15) is 29.8 Å². The monoisotopic (exact) mass is 245 g/mol. The number of hydrogen-bond acceptors (Lipinski definition) is 4. The van der Waals surface area contributed by atoms with Gasteiger partial charge in [0.1, 0.15) is 6.07 Å². The lowest BCUT2D eigenvalue weighted by atomic mass is 10.1. The molecular weight excluding hydrogens is 230 g/mol. The molecule has 18 heavy (non-hydrogen) atoms. The van der Waals surface area contributed by atoms with Crippen LogP contribution in [0, 0.1) is 30.6 Å². The van der Waals surface area contributed by atoms with E-state index >= 15 is 0 Å². The van der Waals surface area contributed by atoms with E-state index in [1.54, 1.807) is 13.0 Å². The Morgan fingerprint density at radius 3 is 2.78 bits per heavy atom. The first-order valence-electron chi connectivity index (χ1n) is 5.84. The van der Waals surface area contributed by atoms with Crippen LogP contribution in [0.15, 0.2) is 6.07 Å². The van der Waals surface area contributed by atoms with Gasteiger partial charge in [-0.2, -0.15) is 5.26 Å². The molecule has 1 aliphatic carbocycles. The summed E-state index contributed by atoms with van der Waals surface area (Å²) in [5.74, 6) is -0.768. The fourth-order valence-corrected chi connectivity index (χ4v) is 1.99. The van der Waals surface area contributed by atoms with Gasteiger partial charge in [-0.25, -0.2) is 0 Å². The Labute approximate surface area is 105 Å². The van der Waals surface area contributed by atoms with E-state index in [2.05, 4.69) is 16.4 Å². The number of carboxylic acid groups (broad SMARTS) is 1. The zero-order valence-corrected chi connectivity index (χ0v) is 10.4. The number of pyridine rings is 1. The third kappa shape index (κ3) is 2.14. The van der Waals surface area contributed by atoms with E-state index in [1.807, 2.05) is 6.92 Å². The minimum atomic E-state index is -0.768. The van der Waals surface area contributed by atoms with Crippen LogP contribution < -0.4 is 5.32 Å². The van der Waals surface area contributed by atoms with Crippen molar-refractivity contribution in [1.82, 2.24) is 4.98 Å². The molecule has 0 atom stereocenters. The maximum atomic E-state index is 11.1. The Bertz CT molecular complexity index is 542. The fourth-order valence-electron chi connectivity index (χ4n) is 1.99. The van der Waals surface area contributed by atoms with Crippen LogP contribution in [0.4, 0.5) is 5.69 Å². The summed E-state index contributed by atoms with van der Waals surface area (Å²) in [6.45, 7) is 3.99. The van der Waals surface area contributed by atoms with E-state index < -0.39 is 11.4 Å². The quantitative estimate of drug-likeness (QED) is 0.845. The normalized spacial score (nSPS) is 15.8. The van der Waals surface area contributed by atoms with Crippen molar-refractivity contribution in [3.05, 3.63) is 23.0 Å². The van der Waals surface area contributed by atoms with E-state index in [0.29, 0.717) is 36.3 Å². The molecule has 2 rings (SSSR count). The average Bonchev–Trinajstić information content (AvgIpc) is 3.06. The largest absolute Gasteiger partial charge is 0.481 e. The summed E-state index contributed by atoms with van der Waals surface area (Å²) in [5, 5.41) is 21.3. The predicted octanol–water partition coefficient (Wildman–Crippen LogP) is 1.85. The topological polar surface area (TPSA) is 86.0 Å². The van der Waals surface area contributed by atoms with Crippen LogP contribution in [-0.2, 0) is 4.79 Å². The number of hydrogen-bond donors (Lipinski definition) is 2. The van der Waals surface area contributed by atoms with E-state index in [1.165, 1.54) is 0 Å². The SMILES string of the molecule is Cc1cc(NCC2(C(=O)O)CC2)c(C#N)c(C)n1. The molecule has 5 nitrogen and oxygen atoms in total. The number of aliphatic carboxylic acids is 1. The Morgan fingerprint density at radius 2 is 2.28 bits per heavy atom. The summed E-state index contributed by atoms with van der Waals surface area (Å²) in [4.78, 5) is 15.3. The molecule has 2 N–H and O–H groups in total. The number of nitriles is 1. The zero-order chi connectivity index (χ0) is 13.3. The highest BCUT2D eigenvalue weighted by molar-refractivity contribution is 5.79. The number of aromatic nitrogens is 1. The maximum Gasteiger partial charge on any atom is 0.311 e. The molecule has 5 heteroatoms. The standard InChI is InChI=1S/C13H15N3O2/c1-8-5-11(10(6-14)9(2)16-8)15-7-13(3-4-13)12(17)18/h5H,3-4,7H2,1-2H3,(H,15,16)(H,17,18). The highest BCUT2D eigenvalue weighted by Gasteiger charge is 2.50. The second-order valence-corrected chi connectivity index (χ2v) is 4.82. The van der Waals surface area contributed by atoms with Crippen molar-refractivity contribution in [1.29, 1.82) is 5.26 Å². The van der Waals surface area contributed by atoms with Gasteiger partial charge in [0.05, 0.1) is 22.4 Å². The minimum Gasteiger partial charge on any atom is -0.481 e. The van der Waals surface area contributed by atoms with Gasteiger partial charge in [0.25, 0.3) is 0 Å². The first-order valence-corrected chi connectivity index (χ1v) is 5.84. The number of nitrogens with zero attached hydrogens (tertiary/aromatic N) is 2. The highest BCUT2D eigenvalue weighted by Crippen LogP contribution is 2.45. The van der Waals surface area contributed by atoms with Crippen LogP contribution in [0.5, 0.6) is 0 Å². The Hall–Kier alpha value is -2.09. The van der Waals surface area contributed by atoms with Crippen LogP contribution >= 0.6 is 0 Å². The van der Waals surface area contributed by atoms with Gasteiger partial charge in [0, 0.05) is 12.2 Å². The first-order chi connectivity index (χ1) is 8.48. The van der Waals surface area contributed by atoms with Crippen LogP contribution in [-0.4, -0.2) is 22.6 Å². The summed E-state index contributed by atoms with van der Waals surface area (Å²) in [6.07, 6.45) is 1.39. The maximum absolute atomic E-state index is 11.1. The summed E-state index contributed by atoms with van der Waals surface area (Å²) < 4.78 is 0. The molecular formula is C13H15N3O2. The molecule has 1 heterocycles. The first kappa shape index (κ1) is 12.4.